The molecule has 0 bridgehead atoms. The quantitative estimate of drug-likeness (QED) is 0.782. The molecule has 2 aliphatic rings. The molecule has 3 rings (SSSR count). The van der Waals surface area contributed by atoms with Crippen molar-refractivity contribution in [3.8, 4) is 0 Å². The van der Waals surface area contributed by atoms with Gasteiger partial charge in [-0.05, 0) is 13.3 Å². The van der Waals surface area contributed by atoms with Gasteiger partial charge in [0.1, 0.15) is 18.3 Å². The van der Waals surface area contributed by atoms with Gasteiger partial charge in [-0.25, -0.2) is 0 Å². The molecule has 2 aliphatic heterocycles. The number of benzene rings is 1. The van der Waals surface area contributed by atoms with E-state index in [4.69, 9.17) is 18.9 Å². The van der Waals surface area contributed by atoms with E-state index in [1.807, 2.05) is 37.3 Å². The molecule has 0 N–H and O–H groups in total. The van der Waals surface area contributed by atoms with Crippen molar-refractivity contribution in [3.63, 3.8) is 0 Å². The van der Waals surface area contributed by atoms with E-state index in [0.29, 0.717) is 6.61 Å². The first-order valence-corrected chi connectivity index (χ1v) is 7.88. The van der Waals surface area contributed by atoms with Crippen molar-refractivity contribution in [1.29, 1.82) is 0 Å². The summed E-state index contributed by atoms with van der Waals surface area (Å²) >= 11 is 0. The Bertz CT molecular complexity index is 436. The Morgan fingerprint density at radius 3 is 2.67 bits per heavy atom. The molecule has 21 heavy (non-hydrogen) atoms. The van der Waals surface area contributed by atoms with Crippen molar-refractivity contribution in [3.05, 3.63) is 35.9 Å². The monoisotopic (exact) mass is 292 g/mol. The topological polar surface area (TPSA) is 36.9 Å². The van der Waals surface area contributed by atoms with Crippen LogP contribution in [0.25, 0.3) is 0 Å². The Hall–Kier alpha value is -0.940. The highest BCUT2D eigenvalue weighted by Gasteiger charge is 2.48. The molecular weight excluding hydrogens is 268 g/mol. The lowest BCUT2D eigenvalue weighted by Crippen LogP contribution is -2.51. The standard InChI is InChI=1S/C17H24O4/c1-3-4-10-18-14-11-19-12(2)15-16(14)21-17(20-15)13-8-6-5-7-9-13/h5-9,12,14-17H,3-4,10-11H2,1-2H3/t12?,14?,15-,16?,17-/m1/s1. The van der Waals surface area contributed by atoms with Gasteiger partial charge in [0.05, 0.1) is 12.7 Å². The Morgan fingerprint density at radius 1 is 1.14 bits per heavy atom. The van der Waals surface area contributed by atoms with E-state index in [1.54, 1.807) is 0 Å². The fraction of sp³-hybridized carbons (Fsp3) is 0.647. The number of hydrogen-bond donors (Lipinski definition) is 0. The summed E-state index contributed by atoms with van der Waals surface area (Å²) in [5, 5.41) is 0. The van der Waals surface area contributed by atoms with Crippen molar-refractivity contribution in [2.45, 2.75) is 57.4 Å². The zero-order chi connectivity index (χ0) is 14.7. The predicted molar refractivity (Wildman–Crippen MR) is 79.0 cm³/mol. The lowest BCUT2D eigenvalue weighted by Gasteiger charge is -2.35. The zero-order valence-electron chi connectivity index (χ0n) is 12.7. The summed E-state index contributed by atoms with van der Waals surface area (Å²) in [5.41, 5.74) is 1.05. The minimum absolute atomic E-state index is 0.0357. The highest BCUT2D eigenvalue weighted by atomic mass is 16.8. The summed E-state index contributed by atoms with van der Waals surface area (Å²) in [6.45, 7) is 5.53. The number of hydrogen-bond acceptors (Lipinski definition) is 4. The molecule has 5 atom stereocenters. The molecule has 1 aromatic rings. The molecule has 0 amide bonds. The van der Waals surface area contributed by atoms with Crippen molar-refractivity contribution in [2.24, 2.45) is 0 Å². The third-order valence-electron chi connectivity index (χ3n) is 4.14. The summed E-state index contributed by atoms with van der Waals surface area (Å²) in [5.74, 6) is 0. The number of fused-ring (bicyclic) bond motifs is 1. The summed E-state index contributed by atoms with van der Waals surface area (Å²) in [6.07, 6.45) is 1.77. The fourth-order valence-electron chi connectivity index (χ4n) is 2.87. The van der Waals surface area contributed by atoms with E-state index >= 15 is 0 Å². The second kappa shape index (κ2) is 6.88. The molecule has 4 nitrogen and oxygen atoms in total. The maximum Gasteiger partial charge on any atom is 0.184 e. The summed E-state index contributed by atoms with van der Waals surface area (Å²) < 4.78 is 23.9. The van der Waals surface area contributed by atoms with Gasteiger partial charge in [0.15, 0.2) is 6.29 Å². The van der Waals surface area contributed by atoms with Gasteiger partial charge in [0.2, 0.25) is 0 Å². The molecule has 4 heteroatoms. The minimum Gasteiger partial charge on any atom is -0.373 e. The lowest BCUT2D eigenvalue weighted by molar-refractivity contribution is -0.157. The Balaban J connectivity index is 1.67. The first-order chi connectivity index (χ1) is 10.3. The van der Waals surface area contributed by atoms with Crippen LogP contribution in [0.5, 0.6) is 0 Å². The zero-order valence-corrected chi connectivity index (χ0v) is 12.7. The maximum atomic E-state index is 6.14. The Morgan fingerprint density at radius 2 is 1.90 bits per heavy atom. The van der Waals surface area contributed by atoms with Gasteiger partial charge in [0.25, 0.3) is 0 Å². The van der Waals surface area contributed by atoms with Gasteiger partial charge in [0, 0.05) is 12.2 Å². The van der Waals surface area contributed by atoms with Crippen LogP contribution in [0, 0.1) is 0 Å². The SMILES string of the molecule is CCCCOC1COC(C)[C@H]2O[C@@H](c3ccccc3)OC12. The van der Waals surface area contributed by atoms with Crippen LogP contribution >= 0.6 is 0 Å². The van der Waals surface area contributed by atoms with Crippen LogP contribution < -0.4 is 0 Å². The molecule has 116 valence electrons. The first kappa shape index (κ1) is 15.0. The molecule has 2 fully saturated rings. The maximum absolute atomic E-state index is 6.14. The fourth-order valence-corrected chi connectivity index (χ4v) is 2.87. The van der Waals surface area contributed by atoms with Crippen molar-refractivity contribution in [2.75, 3.05) is 13.2 Å². The average Bonchev–Trinajstić information content (AvgIpc) is 2.97. The van der Waals surface area contributed by atoms with Crippen molar-refractivity contribution < 1.29 is 18.9 Å². The van der Waals surface area contributed by atoms with Gasteiger partial charge in [-0.15, -0.1) is 0 Å². The number of unbranched alkanes of at least 4 members (excludes halogenated alkanes) is 1. The van der Waals surface area contributed by atoms with Crippen LogP contribution in [0.2, 0.25) is 0 Å². The highest BCUT2D eigenvalue weighted by molar-refractivity contribution is 5.17. The van der Waals surface area contributed by atoms with Crippen LogP contribution in [0.1, 0.15) is 38.5 Å². The van der Waals surface area contributed by atoms with E-state index in [2.05, 4.69) is 6.92 Å². The second-order valence-electron chi connectivity index (χ2n) is 5.75. The van der Waals surface area contributed by atoms with Crippen LogP contribution in [0.3, 0.4) is 0 Å². The third kappa shape index (κ3) is 3.29. The first-order valence-electron chi connectivity index (χ1n) is 7.88. The van der Waals surface area contributed by atoms with Gasteiger partial charge in [-0.1, -0.05) is 43.7 Å². The van der Waals surface area contributed by atoms with Gasteiger partial charge < -0.3 is 18.9 Å². The van der Waals surface area contributed by atoms with E-state index in [9.17, 15) is 0 Å². The average molecular weight is 292 g/mol. The summed E-state index contributed by atoms with van der Waals surface area (Å²) in [7, 11) is 0. The summed E-state index contributed by atoms with van der Waals surface area (Å²) in [4.78, 5) is 0. The van der Waals surface area contributed by atoms with E-state index in [0.717, 1.165) is 25.0 Å². The molecule has 0 saturated carbocycles. The molecule has 2 heterocycles. The molecule has 1 aromatic carbocycles. The molecule has 2 saturated heterocycles. The Labute approximate surface area is 126 Å². The number of rotatable bonds is 5. The van der Waals surface area contributed by atoms with Gasteiger partial charge >= 0.3 is 0 Å². The molecule has 0 aliphatic carbocycles. The predicted octanol–water partition coefficient (Wildman–Crippen LogP) is 3.07. The molecule has 0 radical (unpaired) electrons. The molecule has 3 unspecified atom stereocenters. The smallest absolute Gasteiger partial charge is 0.184 e. The van der Waals surface area contributed by atoms with Gasteiger partial charge in [-0.2, -0.15) is 0 Å². The minimum atomic E-state index is -0.317. The van der Waals surface area contributed by atoms with Crippen molar-refractivity contribution >= 4 is 0 Å². The van der Waals surface area contributed by atoms with Crippen LogP contribution in [-0.4, -0.2) is 37.6 Å². The van der Waals surface area contributed by atoms with Crippen LogP contribution in [0.15, 0.2) is 30.3 Å². The van der Waals surface area contributed by atoms with E-state index in [-0.39, 0.29) is 30.7 Å². The number of ether oxygens (including phenoxy) is 4. The molecule has 0 aromatic heterocycles. The lowest BCUT2D eigenvalue weighted by atomic mass is 10.0. The normalized spacial score (nSPS) is 35.6. The Kier molecular flexibility index (Phi) is 4.91. The van der Waals surface area contributed by atoms with Crippen molar-refractivity contribution in [1.82, 2.24) is 0 Å². The highest BCUT2D eigenvalue weighted by Crippen LogP contribution is 2.37. The second-order valence-corrected chi connectivity index (χ2v) is 5.75. The third-order valence-corrected chi connectivity index (χ3v) is 4.14. The van der Waals surface area contributed by atoms with E-state index in [1.165, 1.54) is 0 Å². The summed E-state index contributed by atoms with van der Waals surface area (Å²) in [6, 6.07) is 10.0. The molecule has 0 spiro atoms. The molecular formula is C17H24O4. The van der Waals surface area contributed by atoms with Crippen LogP contribution in [0.4, 0.5) is 0 Å². The van der Waals surface area contributed by atoms with Crippen LogP contribution in [-0.2, 0) is 18.9 Å². The van der Waals surface area contributed by atoms with E-state index < -0.39 is 0 Å². The van der Waals surface area contributed by atoms with Gasteiger partial charge in [-0.3, -0.25) is 0 Å². The largest absolute Gasteiger partial charge is 0.373 e.